The molecule has 0 bridgehead atoms. The maximum atomic E-state index is 4.46. The van der Waals surface area contributed by atoms with Gasteiger partial charge in [0.2, 0.25) is 0 Å². The zero-order valence-corrected chi connectivity index (χ0v) is 10.0. The lowest BCUT2D eigenvalue weighted by atomic mass is 10.3. The molecule has 0 aliphatic heterocycles. The smallest absolute Gasteiger partial charge is 0.126 e. The molecule has 0 atom stereocenters. The monoisotopic (exact) mass is 268 g/mol. The second-order valence-electron chi connectivity index (χ2n) is 2.76. The SMILES string of the molecule is CNc1cccc(-c2sccc2Br)n1. The summed E-state index contributed by atoms with van der Waals surface area (Å²) in [6, 6.07) is 8.00. The maximum Gasteiger partial charge on any atom is 0.126 e. The van der Waals surface area contributed by atoms with Crippen molar-refractivity contribution in [3.63, 3.8) is 0 Å². The number of rotatable bonds is 2. The molecule has 0 spiro atoms. The van der Waals surface area contributed by atoms with Crippen LogP contribution in [0, 0.1) is 0 Å². The van der Waals surface area contributed by atoms with Crippen LogP contribution >= 0.6 is 27.3 Å². The third kappa shape index (κ3) is 1.81. The molecule has 0 aromatic carbocycles. The Morgan fingerprint density at radius 2 is 2.21 bits per heavy atom. The summed E-state index contributed by atoms with van der Waals surface area (Å²) in [4.78, 5) is 5.63. The molecule has 2 aromatic rings. The van der Waals surface area contributed by atoms with E-state index >= 15 is 0 Å². The molecule has 0 fully saturated rings. The average molecular weight is 269 g/mol. The van der Waals surface area contributed by atoms with E-state index in [1.54, 1.807) is 11.3 Å². The fraction of sp³-hybridized carbons (Fsp3) is 0.100. The molecular formula is C10H9BrN2S. The molecule has 0 aliphatic rings. The predicted molar refractivity (Wildman–Crippen MR) is 64.8 cm³/mol. The molecule has 1 N–H and O–H groups in total. The topological polar surface area (TPSA) is 24.9 Å². The van der Waals surface area contributed by atoms with Crippen LogP contribution in [0.25, 0.3) is 10.6 Å². The van der Waals surface area contributed by atoms with E-state index in [-0.39, 0.29) is 0 Å². The largest absolute Gasteiger partial charge is 0.373 e. The van der Waals surface area contributed by atoms with Gasteiger partial charge in [0.05, 0.1) is 10.6 Å². The van der Waals surface area contributed by atoms with Gasteiger partial charge in [-0.15, -0.1) is 11.3 Å². The molecule has 72 valence electrons. The molecule has 2 rings (SSSR count). The number of hydrogen-bond acceptors (Lipinski definition) is 3. The van der Waals surface area contributed by atoms with E-state index in [4.69, 9.17) is 0 Å². The van der Waals surface area contributed by atoms with Crippen LogP contribution in [0.15, 0.2) is 34.1 Å². The van der Waals surface area contributed by atoms with Gasteiger partial charge in [0.1, 0.15) is 5.82 Å². The third-order valence-corrected chi connectivity index (χ3v) is 3.72. The third-order valence-electron chi connectivity index (χ3n) is 1.86. The average Bonchev–Trinajstić information content (AvgIpc) is 2.65. The highest BCUT2D eigenvalue weighted by molar-refractivity contribution is 9.10. The minimum absolute atomic E-state index is 0.891. The summed E-state index contributed by atoms with van der Waals surface area (Å²) in [6.07, 6.45) is 0. The molecule has 0 aliphatic carbocycles. The summed E-state index contributed by atoms with van der Waals surface area (Å²) in [5.41, 5.74) is 0.999. The summed E-state index contributed by atoms with van der Waals surface area (Å²) in [5.74, 6) is 0.891. The molecule has 0 amide bonds. The van der Waals surface area contributed by atoms with E-state index in [2.05, 4.69) is 26.2 Å². The fourth-order valence-electron chi connectivity index (χ4n) is 1.18. The Morgan fingerprint density at radius 3 is 2.86 bits per heavy atom. The summed E-state index contributed by atoms with van der Waals surface area (Å²) in [5, 5.41) is 5.08. The van der Waals surface area contributed by atoms with Gasteiger partial charge in [0.15, 0.2) is 0 Å². The van der Waals surface area contributed by atoms with Crippen LogP contribution in [-0.4, -0.2) is 12.0 Å². The number of anilines is 1. The van der Waals surface area contributed by atoms with Gasteiger partial charge >= 0.3 is 0 Å². The van der Waals surface area contributed by atoms with Crippen LogP contribution in [0.3, 0.4) is 0 Å². The van der Waals surface area contributed by atoms with E-state index < -0.39 is 0 Å². The second-order valence-corrected chi connectivity index (χ2v) is 4.53. The first kappa shape index (κ1) is 9.68. The van der Waals surface area contributed by atoms with Crippen LogP contribution in [0.2, 0.25) is 0 Å². The Balaban J connectivity index is 2.47. The van der Waals surface area contributed by atoms with Gasteiger partial charge in [-0.1, -0.05) is 6.07 Å². The first-order valence-corrected chi connectivity index (χ1v) is 5.86. The lowest BCUT2D eigenvalue weighted by Gasteiger charge is -2.02. The molecule has 2 aromatic heterocycles. The van der Waals surface area contributed by atoms with Crippen LogP contribution in [0.5, 0.6) is 0 Å². The summed E-state index contributed by atoms with van der Waals surface area (Å²) in [6.45, 7) is 0. The Labute approximate surface area is 95.1 Å². The minimum Gasteiger partial charge on any atom is -0.373 e. The Kier molecular flexibility index (Phi) is 2.84. The van der Waals surface area contributed by atoms with Crippen molar-refractivity contribution in [1.29, 1.82) is 0 Å². The Bertz CT molecular complexity index is 439. The van der Waals surface area contributed by atoms with Gasteiger partial charge in [0.25, 0.3) is 0 Å². The Hall–Kier alpha value is -0.870. The minimum atomic E-state index is 0.891. The van der Waals surface area contributed by atoms with Crippen molar-refractivity contribution < 1.29 is 0 Å². The molecule has 0 unspecified atom stereocenters. The zero-order chi connectivity index (χ0) is 9.97. The summed E-state index contributed by atoms with van der Waals surface area (Å²) < 4.78 is 1.10. The fourth-order valence-corrected chi connectivity index (χ4v) is 2.72. The quantitative estimate of drug-likeness (QED) is 0.900. The Morgan fingerprint density at radius 1 is 1.36 bits per heavy atom. The van der Waals surface area contributed by atoms with E-state index in [0.29, 0.717) is 0 Å². The lowest BCUT2D eigenvalue weighted by Crippen LogP contribution is -1.92. The van der Waals surface area contributed by atoms with E-state index in [1.165, 1.54) is 4.88 Å². The van der Waals surface area contributed by atoms with Gasteiger partial charge < -0.3 is 5.32 Å². The van der Waals surface area contributed by atoms with E-state index in [1.807, 2.05) is 36.7 Å². The molecule has 0 saturated carbocycles. The number of nitrogens with zero attached hydrogens (tertiary/aromatic N) is 1. The van der Waals surface area contributed by atoms with E-state index in [0.717, 1.165) is 16.0 Å². The number of hydrogen-bond donors (Lipinski definition) is 1. The number of thiophene rings is 1. The van der Waals surface area contributed by atoms with Crippen molar-refractivity contribution in [2.24, 2.45) is 0 Å². The van der Waals surface area contributed by atoms with Crippen molar-refractivity contribution in [2.75, 3.05) is 12.4 Å². The van der Waals surface area contributed by atoms with Crippen molar-refractivity contribution in [2.45, 2.75) is 0 Å². The normalized spacial score (nSPS) is 10.1. The van der Waals surface area contributed by atoms with Crippen LogP contribution in [0.4, 0.5) is 5.82 Å². The van der Waals surface area contributed by atoms with Gasteiger partial charge in [-0.3, -0.25) is 0 Å². The number of nitrogens with one attached hydrogen (secondary N) is 1. The van der Waals surface area contributed by atoms with Gasteiger partial charge in [-0.25, -0.2) is 4.98 Å². The van der Waals surface area contributed by atoms with Crippen LogP contribution in [-0.2, 0) is 0 Å². The molecule has 2 nitrogen and oxygen atoms in total. The number of halogens is 1. The maximum absolute atomic E-state index is 4.46. The molecule has 0 saturated heterocycles. The zero-order valence-electron chi connectivity index (χ0n) is 7.62. The van der Waals surface area contributed by atoms with Crippen LogP contribution in [0.1, 0.15) is 0 Å². The molecule has 4 heteroatoms. The highest BCUT2D eigenvalue weighted by Crippen LogP contribution is 2.32. The van der Waals surface area contributed by atoms with Gasteiger partial charge in [-0.2, -0.15) is 0 Å². The molecule has 14 heavy (non-hydrogen) atoms. The highest BCUT2D eigenvalue weighted by atomic mass is 79.9. The van der Waals surface area contributed by atoms with Crippen molar-refractivity contribution in [1.82, 2.24) is 4.98 Å². The van der Waals surface area contributed by atoms with Gasteiger partial charge in [-0.05, 0) is 39.5 Å². The highest BCUT2D eigenvalue weighted by Gasteiger charge is 2.05. The molecule has 0 radical (unpaired) electrons. The molecule has 2 heterocycles. The first-order valence-electron chi connectivity index (χ1n) is 4.19. The van der Waals surface area contributed by atoms with Crippen molar-refractivity contribution in [3.05, 3.63) is 34.1 Å². The lowest BCUT2D eigenvalue weighted by molar-refractivity contribution is 1.29. The number of aromatic nitrogens is 1. The summed E-state index contributed by atoms with van der Waals surface area (Å²) >= 11 is 5.18. The van der Waals surface area contributed by atoms with Crippen molar-refractivity contribution in [3.8, 4) is 10.6 Å². The van der Waals surface area contributed by atoms with Crippen LogP contribution < -0.4 is 5.32 Å². The van der Waals surface area contributed by atoms with Gasteiger partial charge in [0, 0.05) is 11.5 Å². The standard InChI is InChI=1S/C10H9BrN2S/c1-12-9-4-2-3-8(13-9)10-7(11)5-6-14-10/h2-6H,1H3,(H,12,13). The molecular weight excluding hydrogens is 260 g/mol. The van der Waals surface area contributed by atoms with Crippen molar-refractivity contribution >= 4 is 33.1 Å². The predicted octanol–water partition coefficient (Wildman–Crippen LogP) is 3.61. The number of pyridine rings is 1. The second kappa shape index (κ2) is 4.11. The first-order chi connectivity index (χ1) is 6.81. The van der Waals surface area contributed by atoms with E-state index in [9.17, 15) is 0 Å². The summed E-state index contributed by atoms with van der Waals surface area (Å²) in [7, 11) is 1.87.